The Kier molecular flexibility index (Phi) is 3.71. The largest absolute Gasteiger partial charge is 0.416 e. The van der Waals surface area contributed by atoms with Gasteiger partial charge < -0.3 is 4.90 Å². The molecule has 7 heteroatoms. The monoisotopic (exact) mass is 285 g/mol. The fourth-order valence-electron chi connectivity index (χ4n) is 1.81. The van der Waals surface area contributed by atoms with Crippen molar-refractivity contribution in [3.63, 3.8) is 0 Å². The van der Waals surface area contributed by atoms with E-state index in [1.54, 1.807) is 17.2 Å². The molecule has 1 aliphatic heterocycles. The second-order valence-electron chi connectivity index (χ2n) is 4.08. The van der Waals surface area contributed by atoms with E-state index in [1.165, 1.54) is 17.8 Å². The maximum absolute atomic E-state index is 12.7. The van der Waals surface area contributed by atoms with Crippen LogP contribution in [0.1, 0.15) is 12.5 Å². The summed E-state index contributed by atoms with van der Waals surface area (Å²) in [6, 6.07) is 5.04. The molecule has 1 fully saturated rings. The van der Waals surface area contributed by atoms with Crippen molar-refractivity contribution in [3.8, 4) is 6.19 Å². The lowest BCUT2D eigenvalue weighted by Gasteiger charge is -2.18. The Morgan fingerprint density at radius 1 is 1.47 bits per heavy atom. The summed E-state index contributed by atoms with van der Waals surface area (Å²) in [5.74, 6) is 0. The van der Waals surface area contributed by atoms with Gasteiger partial charge in [0, 0.05) is 17.5 Å². The molecule has 1 heterocycles. The number of nitriles is 1. The van der Waals surface area contributed by atoms with Crippen molar-refractivity contribution in [2.45, 2.75) is 18.3 Å². The zero-order valence-electron chi connectivity index (χ0n) is 9.98. The summed E-state index contributed by atoms with van der Waals surface area (Å²) in [5, 5.41) is 9.23. The van der Waals surface area contributed by atoms with E-state index in [9.17, 15) is 13.2 Å². The van der Waals surface area contributed by atoms with Gasteiger partial charge in [-0.3, -0.25) is 0 Å². The molecule has 100 valence electrons. The number of thioether (sulfide) groups is 1. The number of amidine groups is 1. The van der Waals surface area contributed by atoms with Gasteiger partial charge in [-0.1, -0.05) is 24.8 Å². The maximum atomic E-state index is 12.7. The van der Waals surface area contributed by atoms with Crippen molar-refractivity contribution < 1.29 is 13.2 Å². The van der Waals surface area contributed by atoms with E-state index >= 15 is 0 Å². The molecule has 0 aliphatic carbocycles. The summed E-state index contributed by atoms with van der Waals surface area (Å²) in [4.78, 5) is 5.29. The third-order valence-corrected chi connectivity index (χ3v) is 3.68. The summed E-state index contributed by atoms with van der Waals surface area (Å²) < 4.78 is 38.0. The lowest BCUT2D eigenvalue weighted by molar-refractivity contribution is -0.137. The second-order valence-corrected chi connectivity index (χ2v) is 5.49. The minimum absolute atomic E-state index is 0.182. The molecule has 0 aromatic heterocycles. The normalized spacial score (nSPS) is 21.7. The van der Waals surface area contributed by atoms with E-state index in [2.05, 4.69) is 4.99 Å². The molecule has 3 nitrogen and oxygen atoms in total. The first-order valence-electron chi connectivity index (χ1n) is 5.50. The third-order valence-electron chi connectivity index (χ3n) is 2.61. The van der Waals surface area contributed by atoms with Crippen LogP contribution in [-0.2, 0) is 6.18 Å². The molecule has 0 radical (unpaired) electrons. The van der Waals surface area contributed by atoms with Crippen LogP contribution in [-0.4, -0.2) is 17.0 Å². The number of alkyl halides is 3. The van der Waals surface area contributed by atoms with E-state index in [0.29, 0.717) is 17.4 Å². The van der Waals surface area contributed by atoms with Crippen LogP contribution >= 0.6 is 11.8 Å². The minimum atomic E-state index is -4.37. The summed E-state index contributed by atoms with van der Waals surface area (Å²) >= 11 is 1.38. The number of hydrogen-bond donors (Lipinski definition) is 0. The van der Waals surface area contributed by atoms with Crippen molar-refractivity contribution in [2.75, 3.05) is 11.4 Å². The first-order chi connectivity index (χ1) is 8.91. The van der Waals surface area contributed by atoms with E-state index < -0.39 is 11.7 Å². The van der Waals surface area contributed by atoms with Crippen LogP contribution in [0, 0.1) is 11.5 Å². The van der Waals surface area contributed by atoms with Gasteiger partial charge in [-0.05, 0) is 18.2 Å². The molecule has 2 rings (SSSR count). The summed E-state index contributed by atoms with van der Waals surface area (Å²) in [7, 11) is 0. The highest BCUT2D eigenvalue weighted by Crippen LogP contribution is 2.35. The quantitative estimate of drug-likeness (QED) is 0.741. The average Bonchev–Trinajstić information content (AvgIpc) is 2.70. The molecule has 1 atom stereocenters. The highest BCUT2D eigenvalue weighted by Gasteiger charge is 2.32. The molecule has 1 aromatic rings. The summed E-state index contributed by atoms with van der Waals surface area (Å²) in [6.07, 6.45) is -2.70. The Bertz CT molecular complexity index is 548. The van der Waals surface area contributed by atoms with Crippen LogP contribution in [0.3, 0.4) is 0 Å². The molecule has 0 spiro atoms. The number of hydrogen-bond acceptors (Lipinski definition) is 3. The van der Waals surface area contributed by atoms with Gasteiger partial charge in [0.05, 0.1) is 5.56 Å². The number of halogens is 3. The smallest absolute Gasteiger partial charge is 0.319 e. The minimum Gasteiger partial charge on any atom is -0.319 e. The number of benzene rings is 1. The molecule has 1 aromatic carbocycles. The lowest BCUT2D eigenvalue weighted by Crippen LogP contribution is -2.25. The van der Waals surface area contributed by atoms with E-state index in [1.807, 2.05) is 6.92 Å². The zero-order valence-corrected chi connectivity index (χ0v) is 10.8. The van der Waals surface area contributed by atoms with Gasteiger partial charge in [0.2, 0.25) is 6.19 Å². The van der Waals surface area contributed by atoms with Crippen molar-refractivity contribution in [2.24, 2.45) is 4.99 Å². The van der Waals surface area contributed by atoms with Crippen molar-refractivity contribution in [1.29, 1.82) is 5.26 Å². The summed E-state index contributed by atoms with van der Waals surface area (Å²) in [6.45, 7) is 2.47. The molecule has 19 heavy (non-hydrogen) atoms. The molecular weight excluding hydrogens is 275 g/mol. The van der Waals surface area contributed by atoms with E-state index in [-0.39, 0.29) is 5.25 Å². The van der Waals surface area contributed by atoms with E-state index in [4.69, 9.17) is 5.26 Å². The maximum Gasteiger partial charge on any atom is 0.416 e. The fraction of sp³-hybridized carbons (Fsp3) is 0.333. The molecule has 0 saturated carbocycles. The number of rotatable bonds is 1. The first kappa shape index (κ1) is 13.7. The van der Waals surface area contributed by atoms with Crippen LogP contribution in [0.5, 0.6) is 0 Å². The highest BCUT2D eigenvalue weighted by atomic mass is 32.2. The van der Waals surface area contributed by atoms with Gasteiger partial charge in [0.25, 0.3) is 0 Å². The van der Waals surface area contributed by atoms with Crippen LogP contribution in [0.2, 0.25) is 0 Å². The van der Waals surface area contributed by atoms with Gasteiger partial charge in [-0.25, -0.2) is 0 Å². The Morgan fingerprint density at radius 3 is 2.84 bits per heavy atom. The van der Waals surface area contributed by atoms with Crippen molar-refractivity contribution in [3.05, 3.63) is 29.8 Å². The second kappa shape index (κ2) is 5.13. The predicted molar refractivity (Wildman–Crippen MR) is 68.9 cm³/mol. The Labute approximate surface area is 112 Å². The van der Waals surface area contributed by atoms with Gasteiger partial charge in [-0.15, -0.1) is 4.99 Å². The Balaban J connectivity index is 2.37. The van der Waals surface area contributed by atoms with Crippen LogP contribution in [0.4, 0.5) is 18.9 Å². The zero-order chi connectivity index (χ0) is 14.0. The van der Waals surface area contributed by atoms with E-state index in [0.717, 1.165) is 12.1 Å². The van der Waals surface area contributed by atoms with Crippen molar-refractivity contribution >= 4 is 22.6 Å². The van der Waals surface area contributed by atoms with Crippen LogP contribution in [0.25, 0.3) is 0 Å². The lowest BCUT2D eigenvalue weighted by atomic mass is 10.2. The Hall–Kier alpha value is -1.68. The molecule has 1 aliphatic rings. The van der Waals surface area contributed by atoms with Gasteiger partial charge in [0.1, 0.15) is 0 Å². The van der Waals surface area contributed by atoms with Crippen LogP contribution < -0.4 is 4.90 Å². The van der Waals surface area contributed by atoms with Gasteiger partial charge >= 0.3 is 6.18 Å². The SMILES string of the molecule is CC1CN(c2cccc(C(F)(F)F)c2)C(=NC#N)S1. The molecule has 0 N–H and O–H groups in total. The summed E-state index contributed by atoms with van der Waals surface area (Å²) in [5.41, 5.74) is -0.300. The molecular formula is C12H10F3N3S. The third kappa shape index (κ3) is 3.01. The first-order valence-corrected chi connectivity index (χ1v) is 6.38. The number of nitrogens with zero attached hydrogens (tertiary/aromatic N) is 3. The molecule has 0 amide bonds. The predicted octanol–water partition coefficient (Wildman–Crippen LogP) is 3.48. The molecule has 1 saturated heterocycles. The fourth-order valence-corrected chi connectivity index (χ4v) is 2.80. The Morgan fingerprint density at radius 2 is 2.21 bits per heavy atom. The molecule has 1 unspecified atom stereocenters. The van der Waals surface area contributed by atoms with Crippen molar-refractivity contribution in [1.82, 2.24) is 0 Å². The van der Waals surface area contributed by atoms with Gasteiger partial charge in [-0.2, -0.15) is 18.4 Å². The van der Waals surface area contributed by atoms with Crippen LogP contribution in [0.15, 0.2) is 29.3 Å². The standard InChI is InChI=1S/C12H10F3N3S/c1-8-6-18(11(19-8)17-7-16)10-4-2-3-9(5-10)12(13,14)15/h2-5,8H,6H2,1H3. The number of anilines is 1. The number of aliphatic imine (C=N–C) groups is 1. The average molecular weight is 285 g/mol. The molecule has 0 bridgehead atoms. The topological polar surface area (TPSA) is 39.4 Å². The van der Waals surface area contributed by atoms with Gasteiger partial charge in [0.15, 0.2) is 5.17 Å². The highest BCUT2D eigenvalue weighted by molar-refractivity contribution is 8.15.